The molecule has 0 spiro atoms. The van der Waals surface area contributed by atoms with Gasteiger partial charge >= 0.3 is 0 Å². The summed E-state index contributed by atoms with van der Waals surface area (Å²) < 4.78 is 5.59. The number of nitrogens with zero attached hydrogens (tertiary/aromatic N) is 1. The van der Waals surface area contributed by atoms with Crippen molar-refractivity contribution in [3.8, 4) is 5.75 Å². The molecule has 1 saturated heterocycles. The Kier molecular flexibility index (Phi) is 11.4. The van der Waals surface area contributed by atoms with Crippen LogP contribution in [0.4, 0.5) is 11.4 Å². The van der Waals surface area contributed by atoms with Crippen LogP contribution >= 0.6 is 11.6 Å². The summed E-state index contributed by atoms with van der Waals surface area (Å²) in [6.45, 7) is 1.26. The second-order valence-electron chi connectivity index (χ2n) is 11.4. The molecule has 1 atom stereocenters. The fourth-order valence-corrected chi connectivity index (χ4v) is 5.69. The summed E-state index contributed by atoms with van der Waals surface area (Å²) in [6.07, 6.45) is 2.41. The van der Waals surface area contributed by atoms with E-state index < -0.39 is 35.6 Å². The van der Waals surface area contributed by atoms with E-state index in [4.69, 9.17) is 21.5 Å². The van der Waals surface area contributed by atoms with E-state index in [9.17, 15) is 28.8 Å². The van der Waals surface area contributed by atoms with E-state index in [0.717, 1.165) is 29.7 Å². The summed E-state index contributed by atoms with van der Waals surface area (Å²) in [5.41, 5.74) is 4.22. The minimum atomic E-state index is -1.02. The maximum atomic E-state index is 13.2. The molecule has 14 nitrogen and oxygen atoms in total. The maximum absolute atomic E-state index is 13.2. The fraction of sp³-hybridized carbons (Fsp3) is 0.294. The molecule has 2 aliphatic heterocycles. The Morgan fingerprint density at radius 3 is 2.45 bits per heavy atom. The molecule has 49 heavy (non-hydrogen) atoms. The van der Waals surface area contributed by atoms with Crippen LogP contribution in [0.1, 0.15) is 68.7 Å². The number of carbonyl (C=O) groups is 6. The number of carbonyl (C=O) groups excluding carboxylic acids is 6. The highest BCUT2D eigenvalue weighted by atomic mass is 35.5. The van der Waals surface area contributed by atoms with Gasteiger partial charge in [-0.3, -0.25) is 44.2 Å². The van der Waals surface area contributed by atoms with Gasteiger partial charge in [-0.25, -0.2) is 5.48 Å². The first-order valence-electron chi connectivity index (χ1n) is 15.7. The van der Waals surface area contributed by atoms with Gasteiger partial charge in [0, 0.05) is 37.3 Å². The Morgan fingerprint density at radius 2 is 1.69 bits per heavy atom. The van der Waals surface area contributed by atoms with Crippen LogP contribution in [0.5, 0.6) is 5.75 Å². The molecule has 0 saturated carbocycles. The lowest BCUT2D eigenvalue weighted by molar-refractivity contribution is -0.136. The number of benzene rings is 3. The number of halogens is 1. The number of ether oxygens (including phenoxy) is 1. The van der Waals surface area contributed by atoms with E-state index in [1.54, 1.807) is 41.9 Å². The monoisotopic (exact) mass is 690 g/mol. The van der Waals surface area contributed by atoms with Crippen molar-refractivity contribution in [2.75, 3.05) is 30.3 Å². The standard InChI is InChI=1S/C34H35ClN6O8/c35-24-12-9-21(31(44)40-48)17-26(24)38-18-20-7-10-22(11-8-20)49-19-29(43)37-16-3-1-2-15-36-25-6-4-5-23-30(25)34(47)41(33(23)46)27-13-14-28(42)39-32(27)45/h4-12,17,27,36,38,48H,1-3,13-16,18-19H2,(H,37,43)(H,40,44)(H,39,42,45). The van der Waals surface area contributed by atoms with Crippen LogP contribution < -0.4 is 31.5 Å². The van der Waals surface area contributed by atoms with Gasteiger partial charge in [0.1, 0.15) is 11.8 Å². The van der Waals surface area contributed by atoms with Crippen LogP contribution in [0.25, 0.3) is 0 Å². The topological polar surface area (TPSA) is 195 Å². The number of fused-ring (bicyclic) bond motifs is 1. The number of imide groups is 2. The summed E-state index contributed by atoms with van der Waals surface area (Å²) in [6, 6.07) is 15.6. The second kappa shape index (κ2) is 16.1. The van der Waals surface area contributed by atoms with Crippen molar-refractivity contribution in [3.63, 3.8) is 0 Å². The number of hydrogen-bond acceptors (Lipinski definition) is 10. The molecular formula is C34H35ClN6O8. The number of piperidine rings is 1. The van der Waals surface area contributed by atoms with E-state index in [0.29, 0.717) is 41.8 Å². The number of amides is 6. The molecular weight excluding hydrogens is 656 g/mol. The van der Waals surface area contributed by atoms with Crippen LogP contribution in [0, 0.1) is 0 Å². The zero-order valence-electron chi connectivity index (χ0n) is 26.3. The molecule has 3 aromatic carbocycles. The number of hydroxylamine groups is 1. The second-order valence-corrected chi connectivity index (χ2v) is 11.8. The average Bonchev–Trinajstić information content (AvgIpc) is 3.36. The SMILES string of the molecule is O=C(COc1ccc(CNc2cc(C(=O)NO)ccc2Cl)cc1)NCCCCCNc1cccc2c1C(=O)N(C1CCC(=O)NC1=O)C2=O. The summed E-state index contributed by atoms with van der Waals surface area (Å²) >= 11 is 6.20. The summed E-state index contributed by atoms with van der Waals surface area (Å²) in [4.78, 5) is 74.9. The lowest BCUT2D eigenvalue weighted by Crippen LogP contribution is -2.54. The van der Waals surface area contributed by atoms with E-state index >= 15 is 0 Å². The van der Waals surface area contributed by atoms with Crippen molar-refractivity contribution in [1.82, 2.24) is 21.0 Å². The Balaban J connectivity index is 0.978. The molecule has 2 aliphatic rings. The predicted molar refractivity (Wildman–Crippen MR) is 178 cm³/mol. The molecule has 15 heteroatoms. The van der Waals surface area contributed by atoms with Crippen LogP contribution in [0.2, 0.25) is 5.02 Å². The van der Waals surface area contributed by atoms with E-state index in [2.05, 4.69) is 21.3 Å². The van der Waals surface area contributed by atoms with Crippen molar-refractivity contribution in [2.24, 2.45) is 0 Å². The Hall–Kier alpha value is -5.47. The zero-order valence-corrected chi connectivity index (χ0v) is 27.1. The summed E-state index contributed by atoms with van der Waals surface area (Å²) in [7, 11) is 0. The van der Waals surface area contributed by atoms with E-state index in [-0.39, 0.29) is 42.0 Å². The fourth-order valence-electron chi connectivity index (χ4n) is 5.51. The number of anilines is 2. The average molecular weight is 691 g/mol. The van der Waals surface area contributed by atoms with Crippen molar-refractivity contribution < 1.29 is 38.7 Å². The van der Waals surface area contributed by atoms with Crippen LogP contribution in [-0.2, 0) is 20.9 Å². The van der Waals surface area contributed by atoms with Gasteiger partial charge in [-0.2, -0.15) is 0 Å². The lowest BCUT2D eigenvalue weighted by atomic mass is 10.0. The Bertz CT molecular complexity index is 1770. The number of rotatable bonds is 15. The Labute approximate surface area is 286 Å². The van der Waals surface area contributed by atoms with Gasteiger partial charge in [-0.05, 0) is 73.7 Å². The van der Waals surface area contributed by atoms with E-state index in [1.165, 1.54) is 12.1 Å². The van der Waals surface area contributed by atoms with Crippen molar-refractivity contribution in [1.29, 1.82) is 0 Å². The van der Waals surface area contributed by atoms with Gasteiger partial charge in [0.25, 0.3) is 23.6 Å². The van der Waals surface area contributed by atoms with Gasteiger partial charge in [-0.1, -0.05) is 29.8 Å². The smallest absolute Gasteiger partial charge is 0.274 e. The number of unbranched alkanes of at least 4 members (excludes halogenated alkanes) is 2. The maximum Gasteiger partial charge on any atom is 0.274 e. The third kappa shape index (κ3) is 8.52. The van der Waals surface area contributed by atoms with Gasteiger partial charge in [0.05, 0.1) is 21.8 Å². The largest absolute Gasteiger partial charge is 0.484 e. The van der Waals surface area contributed by atoms with Gasteiger partial charge < -0.3 is 20.7 Å². The molecule has 5 rings (SSSR count). The van der Waals surface area contributed by atoms with Crippen molar-refractivity contribution in [2.45, 2.75) is 44.7 Å². The highest BCUT2D eigenvalue weighted by Gasteiger charge is 2.45. The first-order valence-corrected chi connectivity index (χ1v) is 16.1. The predicted octanol–water partition coefficient (Wildman–Crippen LogP) is 3.25. The number of nitrogens with one attached hydrogen (secondary N) is 5. The highest BCUT2D eigenvalue weighted by Crippen LogP contribution is 2.32. The minimum Gasteiger partial charge on any atom is -0.484 e. The van der Waals surface area contributed by atoms with Gasteiger partial charge in [0.15, 0.2) is 6.61 Å². The molecule has 0 aliphatic carbocycles. The van der Waals surface area contributed by atoms with Crippen molar-refractivity contribution in [3.05, 3.63) is 87.9 Å². The molecule has 3 aromatic rings. The quantitative estimate of drug-likeness (QED) is 0.0596. The minimum absolute atomic E-state index is 0.0569. The first-order chi connectivity index (χ1) is 23.7. The van der Waals surface area contributed by atoms with E-state index in [1.807, 2.05) is 12.1 Å². The molecule has 1 unspecified atom stereocenters. The van der Waals surface area contributed by atoms with Crippen molar-refractivity contribution >= 4 is 58.4 Å². The molecule has 256 valence electrons. The molecule has 0 bridgehead atoms. The molecule has 6 amide bonds. The first kappa shape index (κ1) is 34.9. The van der Waals surface area contributed by atoms with Gasteiger partial charge in [0.2, 0.25) is 11.8 Å². The molecule has 2 heterocycles. The third-order valence-electron chi connectivity index (χ3n) is 8.07. The van der Waals surface area contributed by atoms with Crippen LogP contribution in [-0.4, -0.2) is 71.3 Å². The summed E-state index contributed by atoms with van der Waals surface area (Å²) in [5.74, 6) is -2.56. The molecule has 1 fully saturated rings. The number of hydrogen-bond donors (Lipinski definition) is 6. The third-order valence-corrected chi connectivity index (χ3v) is 8.40. The lowest BCUT2D eigenvalue weighted by Gasteiger charge is -2.27. The molecule has 0 radical (unpaired) electrons. The van der Waals surface area contributed by atoms with Crippen LogP contribution in [0.3, 0.4) is 0 Å². The van der Waals surface area contributed by atoms with Crippen LogP contribution in [0.15, 0.2) is 60.7 Å². The zero-order chi connectivity index (χ0) is 34.9. The highest BCUT2D eigenvalue weighted by molar-refractivity contribution is 6.33. The van der Waals surface area contributed by atoms with Gasteiger partial charge in [-0.15, -0.1) is 0 Å². The normalized spacial score (nSPS) is 15.4. The molecule has 6 N–H and O–H groups in total. The molecule has 0 aromatic heterocycles. The Morgan fingerprint density at radius 1 is 0.918 bits per heavy atom. The summed E-state index contributed by atoms with van der Waals surface area (Å²) in [5, 5.41) is 20.6.